The molecule has 0 saturated heterocycles. The van der Waals surface area contributed by atoms with Crippen LogP contribution in [-0.4, -0.2) is 19.5 Å². The highest BCUT2D eigenvalue weighted by molar-refractivity contribution is 4.74. The highest BCUT2D eigenvalue weighted by Crippen LogP contribution is 2.11. The highest BCUT2D eigenvalue weighted by Gasteiger charge is 2.08. The number of allylic oxidation sites excluding steroid dienone is 1. The third kappa shape index (κ3) is 6.79. The second kappa shape index (κ2) is 8.27. The summed E-state index contributed by atoms with van der Waals surface area (Å²) in [7, 11) is 0. The standard InChI is InChI=1S/C11H22O2/c1-5-10(4)8-9-11(12-6-2)13-7-3/h5,10-11H,1,6-9H2,2-4H3. The van der Waals surface area contributed by atoms with Crippen LogP contribution in [0.2, 0.25) is 0 Å². The van der Waals surface area contributed by atoms with E-state index < -0.39 is 0 Å². The van der Waals surface area contributed by atoms with Crippen LogP contribution in [0.15, 0.2) is 12.7 Å². The Morgan fingerprint density at radius 2 is 1.69 bits per heavy atom. The van der Waals surface area contributed by atoms with Crippen molar-refractivity contribution in [1.82, 2.24) is 0 Å². The maximum Gasteiger partial charge on any atom is 0.157 e. The predicted molar refractivity (Wildman–Crippen MR) is 55.6 cm³/mol. The molecule has 78 valence electrons. The van der Waals surface area contributed by atoms with Crippen molar-refractivity contribution >= 4 is 0 Å². The van der Waals surface area contributed by atoms with Gasteiger partial charge in [-0.1, -0.05) is 13.0 Å². The van der Waals surface area contributed by atoms with Crippen molar-refractivity contribution in [2.75, 3.05) is 13.2 Å². The normalized spacial score (nSPS) is 13.2. The van der Waals surface area contributed by atoms with Crippen LogP contribution in [0.25, 0.3) is 0 Å². The number of ether oxygens (including phenoxy) is 2. The zero-order chi connectivity index (χ0) is 10.1. The fourth-order valence-electron chi connectivity index (χ4n) is 1.10. The van der Waals surface area contributed by atoms with Crippen molar-refractivity contribution in [2.24, 2.45) is 5.92 Å². The van der Waals surface area contributed by atoms with Gasteiger partial charge in [-0.3, -0.25) is 0 Å². The van der Waals surface area contributed by atoms with Gasteiger partial charge in [0.25, 0.3) is 0 Å². The van der Waals surface area contributed by atoms with Crippen LogP contribution in [0.1, 0.15) is 33.6 Å². The minimum atomic E-state index is -0.0302. The topological polar surface area (TPSA) is 18.5 Å². The fourth-order valence-corrected chi connectivity index (χ4v) is 1.10. The first kappa shape index (κ1) is 12.7. The minimum absolute atomic E-state index is 0.0302. The molecule has 2 nitrogen and oxygen atoms in total. The average molecular weight is 186 g/mol. The van der Waals surface area contributed by atoms with Gasteiger partial charge in [-0.2, -0.15) is 0 Å². The molecule has 0 aliphatic rings. The summed E-state index contributed by atoms with van der Waals surface area (Å²) in [5.41, 5.74) is 0. The molecule has 0 fully saturated rings. The quantitative estimate of drug-likeness (QED) is 0.428. The largest absolute Gasteiger partial charge is 0.353 e. The van der Waals surface area contributed by atoms with Gasteiger partial charge in [0.1, 0.15) is 0 Å². The smallest absolute Gasteiger partial charge is 0.157 e. The van der Waals surface area contributed by atoms with Crippen LogP contribution in [0, 0.1) is 5.92 Å². The molecule has 0 saturated carbocycles. The lowest BCUT2D eigenvalue weighted by atomic mass is 10.1. The predicted octanol–water partition coefficient (Wildman–Crippen LogP) is 2.99. The van der Waals surface area contributed by atoms with E-state index >= 15 is 0 Å². The van der Waals surface area contributed by atoms with Gasteiger partial charge in [0.15, 0.2) is 6.29 Å². The van der Waals surface area contributed by atoms with Gasteiger partial charge in [0, 0.05) is 13.2 Å². The Morgan fingerprint density at radius 1 is 1.15 bits per heavy atom. The van der Waals surface area contributed by atoms with E-state index in [0.29, 0.717) is 19.1 Å². The van der Waals surface area contributed by atoms with E-state index in [1.807, 2.05) is 19.9 Å². The van der Waals surface area contributed by atoms with Crippen LogP contribution in [-0.2, 0) is 9.47 Å². The maximum atomic E-state index is 5.42. The fraction of sp³-hybridized carbons (Fsp3) is 0.818. The second-order valence-corrected chi connectivity index (χ2v) is 3.13. The van der Waals surface area contributed by atoms with E-state index in [1.54, 1.807) is 0 Å². The molecular weight excluding hydrogens is 164 g/mol. The van der Waals surface area contributed by atoms with Crippen molar-refractivity contribution in [2.45, 2.75) is 39.9 Å². The van der Waals surface area contributed by atoms with E-state index in [1.165, 1.54) is 0 Å². The number of rotatable bonds is 8. The summed E-state index contributed by atoms with van der Waals surface area (Å²) in [6, 6.07) is 0. The Labute approximate surface area is 81.9 Å². The van der Waals surface area contributed by atoms with Crippen molar-refractivity contribution < 1.29 is 9.47 Å². The summed E-state index contributed by atoms with van der Waals surface area (Å²) in [6.07, 6.45) is 3.97. The third-order valence-electron chi connectivity index (χ3n) is 1.97. The number of hydrogen-bond acceptors (Lipinski definition) is 2. The molecule has 0 heterocycles. The third-order valence-corrected chi connectivity index (χ3v) is 1.97. The van der Waals surface area contributed by atoms with Gasteiger partial charge >= 0.3 is 0 Å². The van der Waals surface area contributed by atoms with Gasteiger partial charge in [-0.15, -0.1) is 6.58 Å². The summed E-state index contributed by atoms with van der Waals surface area (Å²) in [5.74, 6) is 0.545. The molecule has 0 amide bonds. The lowest BCUT2D eigenvalue weighted by Gasteiger charge is -2.17. The molecule has 0 rings (SSSR count). The van der Waals surface area contributed by atoms with E-state index in [2.05, 4.69) is 13.5 Å². The Morgan fingerprint density at radius 3 is 2.08 bits per heavy atom. The summed E-state index contributed by atoms with van der Waals surface area (Å²) in [4.78, 5) is 0. The molecule has 0 radical (unpaired) electrons. The Balaban J connectivity index is 3.60. The first-order valence-corrected chi connectivity index (χ1v) is 5.10. The molecule has 1 unspecified atom stereocenters. The maximum absolute atomic E-state index is 5.42. The Kier molecular flexibility index (Phi) is 8.05. The number of hydrogen-bond donors (Lipinski definition) is 0. The lowest BCUT2D eigenvalue weighted by Crippen LogP contribution is -2.17. The first-order valence-electron chi connectivity index (χ1n) is 5.10. The van der Waals surface area contributed by atoms with Gasteiger partial charge in [0.2, 0.25) is 0 Å². The molecular formula is C11H22O2. The average Bonchev–Trinajstić information content (AvgIpc) is 2.14. The van der Waals surface area contributed by atoms with Crippen LogP contribution < -0.4 is 0 Å². The molecule has 2 heteroatoms. The zero-order valence-electron chi connectivity index (χ0n) is 9.08. The zero-order valence-corrected chi connectivity index (χ0v) is 9.08. The molecule has 1 atom stereocenters. The monoisotopic (exact) mass is 186 g/mol. The minimum Gasteiger partial charge on any atom is -0.353 e. The second-order valence-electron chi connectivity index (χ2n) is 3.13. The van der Waals surface area contributed by atoms with Crippen LogP contribution >= 0.6 is 0 Å². The van der Waals surface area contributed by atoms with Gasteiger partial charge in [-0.05, 0) is 32.6 Å². The van der Waals surface area contributed by atoms with Crippen LogP contribution in [0.4, 0.5) is 0 Å². The Hall–Kier alpha value is -0.340. The van der Waals surface area contributed by atoms with Gasteiger partial charge < -0.3 is 9.47 Å². The van der Waals surface area contributed by atoms with Gasteiger partial charge in [0.05, 0.1) is 0 Å². The molecule has 0 aliphatic carbocycles. The molecule has 0 aromatic carbocycles. The van der Waals surface area contributed by atoms with Crippen molar-refractivity contribution in [3.05, 3.63) is 12.7 Å². The van der Waals surface area contributed by atoms with Crippen molar-refractivity contribution in [3.8, 4) is 0 Å². The highest BCUT2D eigenvalue weighted by atomic mass is 16.7. The molecule has 0 aromatic rings. The summed E-state index contributed by atoms with van der Waals surface area (Å²) < 4.78 is 10.8. The summed E-state index contributed by atoms with van der Waals surface area (Å²) >= 11 is 0. The van der Waals surface area contributed by atoms with E-state index in [9.17, 15) is 0 Å². The van der Waals surface area contributed by atoms with E-state index in [-0.39, 0.29) is 6.29 Å². The molecule has 0 aliphatic heterocycles. The molecule has 0 aromatic heterocycles. The summed E-state index contributed by atoms with van der Waals surface area (Å²) in [6.45, 7) is 11.3. The Bertz CT molecular complexity index is 117. The first-order chi connectivity index (χ1) is 6.24. The van der Waals surface area contributed by atoms with Crippen molar-refractivity contribution in [1.29, 1.82) is 0 Å². The molecule has 13 heavy (non-hydrogen) atoms. The summed E-state index contributed by atoms with van der Waals surface area (Å²) in [5, 5.41) is 0. The van der Waals surface area contributed by atoms with Crippen LogP contribution in [0.3, 0.4) is 0 Å². The van der Waals surface area contributed by atoms with Crippen molar-refractivity contribution in [3.63, 3.8) is 0 Å². The van der Waals surface area contributed by atoms with Gasteiger partial charge in [-0.25, -0.2) is 0 Å². The molecule has 0 N–H and O–H groups in total. The molecule has 0 spiro atoms. The van der Waals surface area contributed by atoms with Crippen LogP contribution in [0.5, 0.6) is 0 Å². The van der Waals surface area contributed by atoms with E-state index in [0.717, 1.165) is 12.8 Å². The molecule has 0 bridgehead atoms. The van der Waals surface area contributed by atoms with E-state index in [4.69, 9.17) is 9.47 Å². The lowest BCUT2D eigenvalue weighted by molar-refractivity contribution is -0.140. The SMILES string of the molecule is C=CC(C)CCC(OCC)OCC.